The van der Waals surface area contributed by atoms with Crippen molar-refractivity contribution in [2.75, 3.05) is 17.7 Å². The molecule has 2 heterocycles. The van der Waals surface area contributed by atoms with Gasteiger partial charge in [0.05, 0.1) is 31.2 Å². The summed E-state index contributed by atoms with van der Waals surface area (Å²) in [4.78, 5) is 19.7. The number of amides is 1. The van der Waals surface area contributed by atoms with Crippen LogP contribution < -0.4 is 11.1 Å². The minimum absolute atomic E-state index is 0.300. The van der Waals surface area contributed by atoms with E-state index in [-0.39, 0.29) is 0 Å². The molecular formula is C15H18N4O3. The first-order valence-electron chi connectivity index (χ1n) is 6.86. The summed E-state index contributed by atoms with van der Waals surface area (Å²) in [6.07, 6.45) is -0.531. The Morgan fingerprint density at radius 2 is 1.82 bits per heavy atom. The minimum Gasteiger partial charge on any atom is -0.450 e. The first-order valence-corrected chi connectivity index (χ1v) is 6.86. The zero-order valence-corrected chi connectivity index (χ0v) is 12.3. The van der Waals surface area contributed by atoms with Gasteiger partial charge in [-0.05, 0) is 31.2 Å². The Labute approximate surface area is 128 Å². The van der Waals surface area contributed by atoms with Crippen LogP contribution in [0.3, 0.4) is 0 Å². The van der Waals surface area contributed by atoms with E-state index in [0.717, 1.165) is 5.69 Å². The van der Waals surface area contributed by atoms with Crippen molar-refractivity contribution in [1.29, 1.82) is 0 Å². The maximum Gasteiger partial charge on any atom is 0.412 e. The molecule has 0 saturated heterocycles. The maximum absolute atomic E-state index is 11.3. The highest BCUT2D eigenvalue weighted by Gasteiger charge is 2.04. The second-order valence-corrected chi connectivity index (χ2v) is 4.41. The third-order valence-electron chi connectivity index (χ3n) is 2.64. The van der Waals surface area contributed by atoms with Gasteiger partial charge in [-0.3, -0.25) is 5.32 Å². The molecule has 0 fully saturated rings. The Bertz CT molecular complexity index is 634. The largest absolute Gasteiger partial charge is 0.450 e. The first-order chi connectivity index (χ1) is 10.7. The lowest BCUT2D eigenvalue weighted by atomic mass is 10.3. The quantitative estimate of drug-likeness (QED) is 0.849. The SMILES string of the molecule is CCOC(=O)Nc1cccc(COCc2cccc(N)n2)n1. The molecule has 0 aliphatic carbocycles. The Hall–Kier alpha value is -2.67. The molecule has 116 valence electrons. The fourth-order valence-corrected chi connectivity index (χ4v) is 1.74. The molecule has 7 nitrogen and oxygen atoms in total. The van der Waals surface area contributed by atoms with E-state index in [1.807, 2.05) is 18.2 Å². The molecule has 7 heteroatoms. The van der Waals surface area contributed by atoms with Crippen LogP contribution in [0.25, 0.3) is 0 Å². The zero-order chi connectivity index (χ0) is 15.8. The van der Waals surface area contributed by atoms with Crippen LogP contribution in [0, 0.1) is 0 Å². The van der Waals surface area contributed by atoms with Gasteiger partial charge in [0.15, 0.2) is 0 Å². The number of nitrogens with zero attached hydrogens (tertiary/aromatic N) is 2. The van der Waals surface area contributed by atoms with Crippen LogP contribution >= 0.6 is 0 Å². The third-order valence-corrected chi connectivity index (χ3v) is 2.64. The second kappa shape index (κ2) is 7.94. The molecule has 2 aromatic rings. The van der Waals surface area contributed by atoms with Gasteiger partial charge in [0.2, 0.25) is 0 Å². The van der Waals surface area contributed by atoms with E-state index in [4.69, 9.17) is 15.2 Å². The average molecular weight is 302 g/mol. The predicted octanol–water partition coefficient (Wildman–Crippen LogP) is 2.34. The van der Waals surface area contributed by atoms with E-state index in [2.05, 4.69) is 15.3 Å². The van der Waals surface area contributed by atoms with E-state index in [9.17, 15) is 4.79 Å². The molecule has 1 amide bonds. The molecule has 0 spiro atoms. The molecule has 0 atom stereocenters. The molecule has 0 radical (unpaired) electrons. The molecule has 0 aliphatic rings. The van der Waals surface area contributed by atoms with Crippen LogP contribution in [0.5, 0.6) is 0 Å². The third kappa shape index (κ3) is 5.02. The summed E-state index contributed by atoms with van der Waals surface area (Å²) in [5.74, 6) is 0.876. The van der Waals surface area contributed by atoms with Crippen LogP contribution in [-0.2, 0) is 22.7 Å². The highest BCUT2D eigenvalue weighted by Crippen LogP contribution is 2.08. The number of hydrogen-bond acceptors (Lipinski definition) is 6. The molecule has 22 heavy (non-hydrogen) atoms. The van der Waals surface area contributed by atoms with Crippen LogP contribution in [0.15, 0.2) is 36.4 Å². The van der Waals surface area contributed by atoms with E-state index in [1.165, 1.54) is 0 Å². The smallest absolute Gasteiger partial charge is 0.412 e. The van der Waals surface area contributed by atoms with Gasteiger partial charge >= 0.3 is 6.09 Å². The zero-order valence-electron chi connectivity index (χ0n) is 12.3. The Balaban J connectivity index is 1.86. The fourth-order valence-electron chi connectivity index (χ4n) is 1.74. The van der Waals surface area contributed by atoms with E-state index in [0.29, 0.717) is 37.2 Å². The minimum atomic E-state index is -0.531. The fraction of sp³-hybridized carbons (Fsp3) is 0.267. The molecular weight excluding hydrogens is 284 g/mol. The topological polar surface area (TPSA) is 99.4 Å². The molecule has 0 unspecified atom stereocenters. The Kier molecular flexibility index (Phi) is 5.67. The van der Waals surface area contributed by atoms with Gasteiger partial charge in [-0.25, -0.2) is 14.8 Å². The number of ether oxygens (including phenoxy) is 2. The first kappa shape index (κ1) is 15.7. The number of hydrogen-bond donors (Lipinski definition) is 2. The summed E-state index contributed by atoms with van der Waals surface area (Å²) in [6.45, 7) is 2.68. The van der Waals surface area contributed by atoms with Crippen molar-refractivity contribution in [3.63, 3.8) is 0 Å². The summed E-state index contributed by atoms with van der Waals surface area (Å²) in [7, 11) is 0. The van der Waals surface area contributed by atoms with E-state index >= 15 is 0 Å². The number of rotatable bonds is 6. The predicted molar refractivity (Wildman–Crippen MR) is 82.0 cm³/mol. The van der Waals surface area contributed by atoms with Crippen molar-refractivity contribution in [3.8, 4) is 0 Å². The summed E-state index contributed by atoms with van der Waals surface area (Å²) in [5.41, 5.74) is 7.04. The molecule has 2 rings (SSSR count). The van der Waals surface area contributed by atoms with E-state index in [1.54, 1.807) is 25.1 Å². The number of anilines is 2. The van der Waals surface area contributed by atoms with Gasteiger partial charge in [-0.1, -0.05) is 12.1 Å². The van der Waals surface area contributed by atoms with Gasteiger partial charge in [-0.2, -0.15) is 0 Å². The van der Waals surface area contributed by atoms with Crippen molar-refractivity contribution in [2.45, 2.75) is 20.1 Å². The number of carbonyl (C=O) groups excluding carboxylic acids is 1. The molecule has 0 aromatic carbocycles. The highest BCUT2D eigenvalue weighted by atomic mass is 16.5. The van der Waals surface area contributed by atoms with Crippen LogP contribution in [-0.4, -0.2) is 22.7 Å². The summed E-state index contributed by atoms with van der Waals surface area (Å²) in [5, 5.41) is 2.54. The van der Waals surface area contributed by atoms with Gasteiger partial charge in [0.1, 0.15) is 11.6 Å². The van der Waals surface area contributed by atoms with Gasteiger partial charge < -0.3 is 15.2 Å². The van der Waals surface area contributed by atoms with Crippen molar-refractivity contribution in [1.82, 2.24) is 9.97 Å². The van der Waals surface area contributed by atoms with Crippen LogP contribution in [0.2, 0.25) is 0 Å². The number of nitrogens with one attached hydrogen (secondary N) is 1. The van der Waals surface area contributed by atoms with Crippen molar-refractivity contribution in [3.05, 3.63) is 47.8 Å². The molecule has 0 aliphatic heterocycles. The lowest BCUT2D eigenvalue weighted by Gasteiger charge is -2.07. The van der Waals surface area contributed by atoms with Gasteiger partial charge in [0.25, 0.3) is 0 Å². The van der Waals surface area contributed by atoms with Crippen LogP contribution in [0.4, 0.5) is 16.4 Å². The molecule has 3 N–H and O–H groups in total. The molecule has 0 saturated carbocycles. The van der Waals surface area contributed by atoms with Crippen molar-refractivity contribution < 1.29 is 14.3 Å². The normalized spacial score (nSPS) is 10.2. The van der Waals surface area contributed by atoms with Crippen molar-refractivity contribution >= 4 is 17.7 Å². The lowest BCUT2D eigenvalue weighted by molar-refractivity contribution is 0.102. The number of nitrogens with two attached hydrogens (primary N) is 1. The standard InChI is InChI=1S/C15H18N4O3/c1-2-22-15(20)19-14-8-4-6-12(18-14)10-21-9-11-5-3-7-13(16)17-11/h3-8H,2,9-10H2,1H3,(H2,16,17)(H,18,19,20). The van der Waals surface area contributed by atoms with Crippen LogP contribution in [0.1, 0.15) is 18.3 Å². The second-order valence-electron chi connectivity index (χ2n) is 4.41. The number of nitrogen functional groups attached to an aromatic ring is 1. The summed E-state index contributed by atoms with van der Waals surface area (Å²) in [6, 6.07) is 10.6. The number of aromatic nitrogens is 2. The highest BCUT2D eigenvalue weighted by molar-refractivity contribution is 5.83. The molecule has 2 aromatic heterocycles. The number of carbonyl (C=O) groups is 1. The number of pyridine rings is 2. The monoisotopic (exact) mass is 302 g/mol. The Morgan fingerprint density at radius 1 is 1.14 bits per heavy atom. The van der Waals surface area contributed by atoms with Crippen molar-refractivity contribution in [2.24, 2.45) is 0 Å². The molecule has 0 bridgehead atoms. The van der Waals surface area contributed by atoms with Gasteiger partial charge in [0, 0.05) is 0 Å². The Morgan fingerprint density at radius 3 is 2.50 bits per heavy atom. The average Bonchev–Trinajstić information content (AvgIpc) is 2.48. The lowest BCUT2D eigenvalue weighted by Crippen LogP contribution is -2.14. The summed E-state index contributed by atoms with van der Waals surface area (Å²) >= 11 is 0. The maximum atomic E-state index is 11.3. The van der Waals surface area contributed by atoms with Gasteiger partial charge in [-0.15, -0.1) is 0 Å². The van der Waals surface area contributed by atoms with E-state index < -0.39 is 6.09 Å². The summed E-state index contributed by atoms with van der Waals surface area (Å²) < 4.78 is 10.3.